The molecule has 0 spiro atoms. The van der Waals surface area contributed by atoms with Gasteiger partial charge in [0.1, 0.15) is 5.75 Å². The lowest BCUT2D eigenvalue weighted by Gasteiger charge is -2.27. The molecule has 4 N–H and O–H groups in total. The van der Waals surface area contributed by atoms with Gasteiger partial charge in [0.2, 0.25) is 0 Å². The number of aliphatic hydroxyl groups is 1. The van der Waals surface area contributed by atoms with Gasteiger partial charge in [-0.3, -0.25) is 0 Å². The van der Waals surface area contributed by atoms with E-state index in [-0.39, 0.29) is 0 Å². The van der Waals surface area contributed by atoms with Crippen molar-refractivity contribution in [2.75, 3.05) is 45.3 Å². The summed E-state index contributed by atoms with van der Waals surface area (Å²) >= 11 is 0. The molecule has 0 aliphatic heterocycles. The second-order valence-corrected chi connectivity index (χ2v) is 5.04. The second kappa shape index (κ2) is 5.93. The number of ether oxygens (including phenoxy) is 1. The van der Waals surface area contributed by atoms with Gasteiger partial charge in [0.05, 0.1) is 24.1 Å². The molecule has 0 amide bonds. The SMILES string of the molecule is COc1ccc(N)c(NCC(C)(O)CN(C)C)c1. The molecule has 1 aromatic carbocycles. The van der Waals surface area contributed by atoms with Gasteiger partial charge < -0.3 is 25.8 Å². The zero-order chi connectivity index (χ0) is 13.8. The summed E-state index contributed by atoms with van der Waals surface area (Å²) < 4.78 is 5.14. The first-order chi connectivity index (χ1) is 8.34. The molecule has 0 radical (unpaired) electrons. The second-order valence-electron chi connectivity index (χ2n) is 5.04. The minimum Gasteiger partial charge on any atom is -0.497 e. The predicted molar refractivity (Wildman–Crippen MR) is 75.1 cm³/mol. The van der Waals surface area contributed by atoms with Crippen LogP contribution < -0.4 is 15.8 Å². The Balaban J connectivity index is 2.67. The number of hydrogen-bond donors (Lipinski definition) is 3. The molecule has 0 fully saturated rings. The monoisotopic (exact) mass is 253 g/mol. The van der Waals surface area contributed by atoms with Crippen LogP contribution in [0.3, 0.4) is 0 Å². The molecule has 1 aromatic rings. The lowest BCUT2D eigenvalue weighted by Crippen LogP contribution is -2.43. The molecule has 102 valence electrons. The van der Waals surface area contributed by atoms with Gasteiger partial charge in [0, 0.05) is 19.2 Å². The van der Waals surface area contributed by atoms with Crippen molar-refractivity contribution in [1.29, 1.82) is 0 Å². The normalized spacial score (nSPS) is 14.3. The van der Waals surface area contributed by atoms with Crippen LogP contribution in [0.15, 0.2) is 18.2 Å². The highest BCUT2D eigenvalue weighted by Crippen LogP contribution is 2.24. The Kier molecular flexibility index (Phi) is 4.81. The Hall–Kier alpha value is -1.46. The van der Waals surface area contributed by atoms with Crippen molar-refractivity contribution in [3.8, 4) is 5.75 Å². The van der Waals surface area contributed by atoms with Crippen molar-refractivity contribution in [2.24, 2.45) is 0 Å². The quantitative estimate of drug-likeness (QED) is 0.660. The number of anilines is 2. The molecule has 5 heteroatoms. The topological polar surface area (TPSA) is 70.8 Å². The molecule has 18 heavy (non-hydrogen) atoms. The summed E-state index contributed by atoms with van der Waals surface area (Å²) in [5.41, 5.74) is 6.45. The van der Waals surface area contributed by atoms with Gasteiger partial charge >= 0.3 is 0 Å². The van der Waals surface area contributed by atoms with Crippen LogP contribution in [-0.4, -0.2) is 49.9 Å². The van der Waals surface area contributed by atoms with Crippen molar-refractivity contribution in [3.05, 3.63) is 18.2 Å². The molecule has 1 atom stereocenters. The zero-order valence-electron chi connectivity index (χ0n) is 11.5. The van der Waals surface area contributed by atoms with Gasteiger partial charge in [0.15, 0.2) is 0 Å². The summed E-state index contributed by atoms with van der Waals surface area (Å²) in [5.74, 6) is 0.735. The molecule has 0 heterocycles. The van der Waals surface area contributed by atoms with Crippen molar-refractivity contribution >= 4 is 11.4 Å². The van der Waals surface area contributed by atoms with E-state index in [1.54, 1.807) is 26.2 Å². The van der Waals surface area contributed by atoms with Crippen molar-refractivity contribution in [3.63, 3.8) is 0 Å². The van der Waals surface area contributed by atoms with Crippen LogP contribution in [-0.2, 0) is 0 Å². The maximum atomic E-state index is 10.2. The lowest BCUT2D eigenvalue weighted by molar-refractivity contribution is 0.0460. The van der Waals surface area contributed by atoms with Gasteiger partial charge in [0.25, 0.3) is 0 Å². The van der Waals surface area contributed by atoms with Crippen LogP contribution in [0.1, 0.15) is 6.92 Å². The van der Waals surface area contributed by atoms with Gasteiger partial charge in [-0.2, -0.15) is 0 Å². The Morgan fingerprint density at radius 3 is 2.67 bits per heavy atom. The highest BCUT2D eigenvalue weighted by atomic mass is 16.5. The first-order valence-corrected chi connectivity index (χ1v) is 5.88. The number of nitrogen functional groups attached to an aromatic ring is 1. The van der Waals surface area contributed by atoms with E-state index in [9.17, 15) is 5.11 Å². The average Bonchev–Trinajstić information content (AvgIpc) is 2.26. The molecule has 0 aliphatic rings. The number of nitrogens with two attached hydrogens (primary N) is 1. The molecular formula is C13H23N3O2. The predicted octanol–water partition coefficient (Wildman–Crippen LogP) is 1.00. The Morgan fingerprint density at radius 1 is 1.44 bits per heavy atom. The fourth-order valence-electron chi connectivity index (χ4n) is 1.84. The van der Waals surface area contributed by atoms with E-state index in [1.807, 2.05) is 25.1 Å². The van der Waals surface area contributed by atoms with E-state index < -0.39 is 5.60 Å². The summed E-state index contributed by atoms with van der Waals surface area (Å²) in [4.78, 5) is 1.94. The van der Waals surface area contributed by atoms with Crippen molar-refractivity contribution in [1.82, 2.24) is 4.90 Å². The van der Waals surface area contributed by atoms with Gasteiger partial charge in [-0.25, -0.2) is 0 Å². The first-order valence-electron chi connectivity index (χ1n) is 5.88. The average molecular weight is 253 g/mol. The van der Waals surface area contributed by atoms with E-state index in [2.05, 4.69) is 5.32 Å². The standard InChI is InChI=1S/C13H23N3O2/c1-13(17,9-16(2)3)8-15-12-7-10(18-4)5-6-11(12)14/h5-7,15,17H,8-9,14H2,1-4H3. The number of likely N-dealkylation sites (N-methyl/N-ethyl adjacent to an activating group) is 1. The highest BCUT2D eigenvalue weighted by molar-refractivity contribution is 5.68. The van der Waals surface area contributed by atoms with Gasteiger partial charge in [-0.1, -0.05) is 0 Å². The van der Waals surface area contributed by atoms with Gasteiger partial charge in [-0.05, 0) is 33.2 Å². The minimum absolute atomic E-state index is 0.419. The third-order valence-electron chi connectivity index (χ3n) is 2.58. The van der Waals surface area contributed by atoms with E-state index in [4.69, 9.17) is 10.5 Å². The zero-order valence-corrected chi connectivity index (χ0v) is 11.5. The number of nitrogens with one attached hydrogen (secondary N) is 1. The molecule has 0 aliphatic carbocycles. The molecule has 5 nitrogen and oxygen atoms in total. The number of rotatable bonds is 6. The number of hydrogen-bond acceptors (Lipinski definition) is 5. The Labute approximate surface area is 109 Å². The first kappa shape index (κ1) is 14.6. The number of benzene rings is 1. The summed E-state index contributed by atoms with van der Waals surface area (Å²) in [7, 11) is 5.46. The number of nitrogens with zero attached hydrogens (tertiary/aromatic N) is 1. The van der Waals surface area contributed by atoms with E-state index in [0.29, 0.717) is 18.8 Å². The van der Waals surface area contributed by atoms with Crippen molar-refractivity contribution in [2.45, 2.75) is 12.5 Å². The third-order valence-corrected chi connectivity index (χ3v) is 2.58. The summed E-state index contributed by atoms with van der Waals surface area (Å²) in [6.45, 7) is 2.78. The molecule has 0 saturated heterocycles. The summed E-state index contributed by atoms with van der Waals surface area (Å²) in [6, 6.07) is 5.40. The molecule has 1 rings (SSSR count). The fourth-order valence-corrected chi connectivity index (χ4v) is 1.84. The van der Waals surface area contributed by atoms with E-state index >= 15 is 0 Å². The van der Waals surface area contributed by atoms with E-state index in [0.717, 1.165) is 11.4 Å². The van der Waals surface area contributed by atoms with Crippen LogP contribution in [0, 0.1) is 0 Å². The molecule has 0 bridgehead atoms. The fraction of sp³-hybridized carbons (Fsp3) is 0.538. The van der Waals surface area contributed by atoms with Gasteiger partial charge in [-0.15, -0.1) is 0 Å². The maximum absolute atomic E-state index is 10.2. The van der Waals surface area contributed by atoms with Crippen LogP contribution in [0.2, 0.25) is 0 Å². The smallest absolute Gasteiger partial charge is 0.121 e. The van der Waals surface area contributed by atoms with Crippen LogP contribution >= 0.6 is 0 Å². The minimum atomic E-state index is -0.820. The maximum Gasteiger partial charge on any atom is 0.121 e. The Bertz CT molecular complexity index is 392. The van der Waals surface area contributed by atoms with Crippen LogP contribution in [0.5, 0.6) is 5.75 Å². The van der Waals surface area contributed by atoms with Crippen LogP contribution in [0.4, 0.5) is 11.4 Å². The summed E-state index contributed by atoms with van der Waals surface area (Å²) in [6.07, 6.45) is 0. The van der Waals surface area contributed by atoms with E-state index in [1.165, 1.54) is 0 Å². The molecule has 0 saturated carbocycles. The van der Waals surface area contributed by atoms with Crippen molar-refractivity contribution < 1.29 is 9.84 Å². The molecule has 1 unspecified atom stereocenters. The largest absolute Gasteiger partial charge is 0.497 e. The molecule has 0 aromatic heterocycles. The number of methoxy groups -OCH3 is 1. The van der Waals surface area contributed by atoms with Crippen LogP contribution in [0.25, 0.3) is 0 Å². The summed E-state index contributed by atoms with van der Waals surface area (Å²) in [5, 5.41) is 13.3. The third kappa shape index (κ3) is 4.43. The highest BCUT2D eigenvalue weighted by Gasteiger charge is 2.21. The lowest BCUT2D eigenvalue weighted by atomic mass is 10.1. The Morgan fingerprint density at radius 2 is 2.11 bits per heavy atom. The molecular weight excluding hydrogens is 230 g/mol.